The molecule has 0 nitrogen and oxygen atoms in total. The van der Waals surface area contributed by atoms with Crippen molar-refractivity contribution < 1.29 is 0 Å². The van der Waals surface area contributed by atoms with E-state index in [1.165, 1.54) is 32.1 Å². The maximum Gasteiger partial charge on any atom is -0.0266 e. The number of hydrogen-bond donors (Lipinski definition) is 0. The Kier molecular flexibility index (Phi) is 7.87. The van der Waals surface area contributed by atoms with Crippen molar-refractivity contribution in [1.82, 2.24) is 0 Å². The minimum Gasteiger partial charge on any atom is -0.0683 e. The van der Waals surface area contributed by atoms with E-state index >= 15 is 0 Å². The molecule has 29 heavy (non-hydrogen) atoms. The minimum absolute atomic E-state index is 0.696. The van der Waals surface area contributed by atoms with Crippen LogP contribution in [0, 0.1) is 52.3 Å². The van der Waals surface area contributed by atoms with E-state index in [-0.39, 0.29) is 0 Å². The lowest BCUT2D eigenvalue weighted by molar-refractivity contribution is -0.118. The molecule has 0 saturated heterocycles. The van der Waals surface area contributed by atoms with Crippen LogP contribution in [0.4, 0.5) is 0 Å². The summed E-state index contributed by atoms with van der Waals surface area (Å²) in [5, 5.41) is 0. The normalized spacial score (nSPS) is 46.3. The van der Waals surface area contributed by atoms with Crippen molar-refractivity contribution in [1.29, 1.82) is 0 Å². The third-order valence-electron chi connectivity index (χ3n) is 10.9. The fourth-order valence-electron chi connectivity index (χ4n) is 9.07. The average molecular weight is 403 g/mol. The molecule has 0 N–H and O–H groups in total. The third kappa shape index (κ3) is 4.35. The van der Waals surface area contributed by atoms with Crippen LogP contribution in [0.3, 0.4) is 0 Å². The minimum atomic E-state index is 0.696. The highest BCUT2D eigenvalue weighted by atomic mass is 14.6. The molecule has 0 bridgehead atoms. The van der Waals surface area contributed by atoms with Crippen molar-refractivity contribution >= 4 is 0 Å². The first-order valence-electron chi connectivity index (χ1n) is 13.9. The van der Waals surface area contributed by atoms with Crippen LogP contribution < -0.4 is 0 Å². The monoisotopic (exact) mass is 402 g/mol. The molecule has 8 atom stereocenters. The predicted octanol–water partition coefficient (Wildman–Crippen LogP) is 9.52. The van der Waals surface area contributed by atoms with Gasteiger partial charge in [0.2, 0.25) is 0 Å². The molecule has 170 valence electrons. The molecule has 4 fully saturated rings. The molecule has 0 aromatic carbocycles. The Hall–Kier alpha value is 0. The van der Waals surface area contributed by atoms with E-state index in [0.29, 0.717) is 10.8 Å². The first-order valence-corrected chi connectivity index (χ1v) is 13.9. The fraction of sp³-hybridized carbons (Fsp3) is 1.00. The molecule has 0 radical (unpaired) electrons. The van der Waals surface area contributed by atoms with E-state index in [4.69, 9.17) is 0 Å². The zero-order valence-electron chi connectivity index (χ0n) is 21.2. The van der Waals surface area contributed by atoms with Gasteiger partial charge in [-0.25, -0.2) is 0 Å². The Morgan fingerprint density at radius 2 is 1.52 bits per heavy atom. The van der Waals surface area contributed by atoms with E-state index < -0.39 is 0 Å². The summed E-state index contributed by atoms with van der Waals surface area (Å²) >= 11 is 0. The van der Waals surface area contributed by atoms with Gasteiger partial charge in [0.05, 0.1) is 0 Å². The van der Waals surface area contributed by atoms with Gasteiger partial charge in [-0.05, 0) is 116 Å². The summed E-state index contributed by atoms with van der Waals surface area (Å²) in [6.45, 7) is 16.7. The highest BCUT2D eigenvalue weighted by Gasteiger charge is 2.59. The summed E-state index contributed by atoms with van der Waals surface area (Å²) in [5.41, 5.74) is 1.40. The SMILES string of the molecule is CC.CC[C@H]1CC[C@]2(C)C3CC[C@]4(C)C(CCCC(C)C)CCC4[C@@H]3CC[C@@H]2C1. The quantitative estimate of drug-likeness (QED) is 0.429. The molecule has 0 aromatic rings. The summed E-state index contributed by atoms with van der Waals surface area (Å²) in [4.78, 5) is 0. The Bertz CT molecular complexity index is 506. The first-order chi connectivity index (χ1) is 13.9. The lowest BCUT2D eigenvalue weighted by Gasteiger charge is -2.61. The van der Waals surface area contributed by atoms with Crippen LogP contribution in [-0.2, 0) is 0 Å². The van der Waals surface area contributed by atoms with E-state index in [1.54, 1.807) is 51.4 Å². The first kappa shape index (κ1) is 23.7. The molecule has 4 saturated carbocycles. The van der Waals surface area contributed by atoms with Gasteiger partial charge in [0.1, 0.15) is 0 Å². The summed E-state index contributed by atoms with van der Waals surface area (Å²) in [5.74, 6) is 7.26. The molecule has 0 heterocycles. The molecule has 0 aromatic heterocycles. The van der Waals surface area contributed by atoms with E-state index in [1.807, 2.05) is 13.8 Å². The molecule has 0 amide bonds. The lowest BCUT2D eigenvalue weighted by atomic mass is 9.44. The van der Waals surface area contributed by atoms with Gasteiger partial charge in [-0.3, -0.25) is 0 Å². The van der Waals surface area contributed by atoms with Crippen LogP contribution in [0.25, 0.3) is 0 Å². The predicted molar refractivity (Wildman–Crippen MR) is 129 cm³/mol. The summed E-state index contributed by atoms with van der Waals surface area (Å²) in [6, 6.07) is 0. The number of fused-ring (bicyclic) bond motifs is 5. The maximum absolute atomic E-state index is 2.75. The summed E-state index contributed by atoms with van der Waals surface area (Å²) in [6.07, 6.45) is 20.0. The molecule has 0 heteroatoms. The second-order valence-corrected chi connectivity index (χ2v) is 12.3. The summed E-state index contributed by atoms with van der Waals surface area (Å²) < 4.78 is 0. The third-order valence-corrected chi connectivity index (χ3v) is 10.9. The van der Waals surface area contributed by atoms with Gasteiger partial charge in [0.15, 0.2) is 0 Å². The highest BCUT2D eigenvalue weighted by Crippen LogP contribution is 2.68. The standard InChI is InChI=1S/C27H48.C2H6/c1-6-20-14-16-27(5)22(18-20)10-12-23-24-13-11-21(9-7-8-19(2)3)26(24,4)17-15-25(23)27;1-2/h19-25H,6-18H2,1-5H3;1-2H3/t20-,21?,22+,23-,24?,25?,26+,27-;/m0./s1. The molecule has 3 unspecified atom stereocenters. The van der Waals surface area contributed by atoms with Gasteiger partial charge in [-0.15, -0.1) is 0 Å². The molecular formula is C29H54. The zero-order valence-corrected chi connectivity index (χ0v) is 21.2. The van der Waals surface area contributed by atoms with Crippen molar-refractivity contribution in [3.8, 4) is 0 Å². The van der Waals surface area contributed by atoms with Gasteiger partial charge in [0, 0.05) is 0 Å². The van der Waals surface area contributed by atoms with Crippen LogP contribution in [0.15, 0.2) is 0 Å². The van der Waals surface area contributed by atoms with Crippen LogP contribution in [0.5, 0.6) is 0 Å². The van der Waals surface area contributed by atoms with Crippen molar-refractivity contribution in [2.45, 2.75) is 132 Å². The Balaban J connectivity index is 0.00000117. The Morgan fingerprint density at radius 1 is 0.828 bits per heavy atom. The molecule has 4 aliphatic carbocycles. The van der Waals surface area contributed by atoms with Gasteiger partial charge in [-0.1, -0.05) is 67.7 Å². The lowest BCUT2D eigenvalue weighted by Crippen LogP contribution is -2.53. The highest BCUT2D eigenvalue weighted by molar-refractivity contribution is 5.09. The smallest absolute Gasteiger partial charge is 0.0266 e. The van der Waals surface area contributed by atoms with Gasteiger partial charge in [0.25, 0.3) is 0 Å². The Labute approximate surface area is 184 Å². The van der Waals surface area contributed by atoms with Crippen LogP contribution >= 0.6 is 0 Å². The number of rotatable bonds is 5. The van der Waals surface area contributed by atoms with E-state index in [0.717, 1.165) is 41.4 Å². The Morgan fingerprint density at radius 3 is 2.21 bits per heavy atom. The maximum atomic E-state index is 2.75. The average Bonchev–Trinajstić information content (AvgIpc) is 3.05. The molecule has 4 rings (SSSR count). The summed E-state index contributed by atoms with van der Waals surface area (Å²) in [7, 11) is 0. The topological polar surface area (TPSA) is 0 Å². The molecule has 0 aliphatic heterocycles. The van der Waals surface area contributed by atoms with Gasteiger partial charge >= 0.3 is 0 Å². The molecule has 4 aliphatic rings. The van der Waals surface area contributed by atoms with Crippen LogP contribution in [-0.4, -0.2) is 0 Å². The van der Waals surface area contributed by atoms with Crippen molar-refractivity contribution in [2.24, 2.45) is 52.3 Å². The molecule has 0 spiro atoms. The fourth-order valence-corrected chi connectivity index (χ4v) is 9.07. The van der Waals surface area contributed by atoms with Crippen molar-refractivity contribution in [2.75, 3.05) is 0 Å². The van der Waals surface area contributed by atoms with Crippen molar-refractivity contribution in [3.05, 3.63) is 0 Å². The van der Waals surface area contributed by atoms with Gasteiger partial charge < -0.3 is 0 Å². The van der Waals surface area contributed by atoms with E-state index in [2.05, 4.69) is 34.6 Å². The van der Waals surface area contributed by atoms with Gasteiger partial charge in [-0.2, -0.15) is 0 Å². The molecular weight excluding hydrogens is 348 g/mol. The van der Waals surface area contributed by atoms with Crippen LogP contribution in [0.1, 0.15) is 132 Å². The van der Waals surface area contributed by atoms with Crippen LogP contribution in [0.2, 0.25) is 0 Å². The largest absolute Gasteiger partial charge is 0.0683 e. The second kappa shape index (κ2) is 9.65. The van der Waals surface area contributed by atoms with Crippen molar-refractivity contribution in [3.63, 3.8) is 0 Å². The second-order valence-electron chi connectivity index (χ2n) is 12.3. The number of hydrogen-bond acceptors (Lipinski definition) is 0. The zero-order chi connectivity index (χ0) is 21.2. The van der Waals surface area contributed by atoms with E-state index in [9.17, 15) is 0 Å².